The lowest BCUT2D eigenvalue weighted by molar-refractivity contribution is 0.197. The third-order valence-corrected chi connectivity index (χ3v) is 4.74. The minimum absolute atomic E-state index is 0.224. The number of rotatable bonds is 5. The molecule has 118 valence electrons. The van der Waals surface area contributed by atoms with Gasteiger partial charge in [0.05, 0.1) is 18.2 Å². The van der Waals surface area contributed by atoms with Crippen molar-refractivity contribution in [3.8, 4) is 16.5 Å². The van der Waals surface area contributed by atoms with Crippen LogP contribution < -0.4 is 4.74 Å². The highest BCUT2D eigenvalue weighted by molar-refractivity contribution is 7.13. The molecule has 0 N–H and O–H groups in total. The van der Waals surface area contributed by atoms with Gasteiger partial charge in [0.1, 0.15) is 11.9 Å². The molecular formula is C17H17N3O2S. The molecule has 0 radical (unpaired) electrons. The minimum atomic E-state index is 0.224. The molecule has 4 rings (SSSR count). The molecule has 1 unspecified atom stereocenters. The zero-order valence-corrected chi connectivity index (χ0v) is 13.4. The van der Waals surface area contributed by atoms with E-state index >= 15 is 0 Å². The molecule has 0 aromatic carbocycles. The van der Waals surface area contributed by atoms with Crippen molar-refractivity contribution in [1.29, 1.82) is 0 Å². The number of furan rings is 1. The number of aromatic nitrogens is 2. The summed E-state index contributed by atoms with van der Waals surface area (Å²) in [5.41, 5.74) is 1.09. The predicted molar refractivity (Wildman–Crippen MR) is 88.4 cm³/mol. The maximum atomic E-state index is 5.97. The fourth-order valence-corrected chi connectivity index (χ4v) is 3.55. The molecule has 4 heterocycles. The molecule has 3 aromatic rings. The number of nitrogens with zero attached hydrogens (tertiary/aromatic N) is 3. The molecule has 5 nitrogen and oxygen atoms in total. The summed E-state index contributed by atoms with van der Waals surface area (Å²) in [5, 5.41) is 3.04. The van der Waals surface area contributed by atoms with Crippen LogP contribution in [0.15, 0.2) is 52.7 Å². The summed E-state index contributed by atoms with van der Waals surface area (Å²) in [6.07, 6.45) is 6.45. The quantitative estimate of drug-likeness (QED) is 0.718. The highest BCUT2D eigenvalue weighted by Gasteiger charge is 2.24. The van der Waals surface area contributed by atoms with Gasteiger partial charge in [-0.2, -0.15) is 0 Å². The number of hydrogen-bond donors (Lipinski definition) is 0. The Kier molecular flexibility index (Phi) is 4.08. The molecule has 23 heavy (non-hydrogen) atoms. The van der Waals surface area contributed by atoms with E-state index in [2.05, 4.69) is 20.2 Å². The van der Waals surface area contributed by atoms with E-state index in [0.717, 1.165) is 48.3 Å². The molecule has 1 aliphatic heterocycles. The Bertz CT molecular complexity index is 742. The molecule has 6 heteroatoms. The zero-order valence-electron chi connectivity index (χ0n) is 12.6. The number of hydrogen-bond acceptors (Lipinski definition) is 6. The summed E-state index contributed by atoms with van der Waals surface area (Å²) >= 11 is 1.62. The number of ether oxygens (including phenoxy) is 1. The minimum Gasteiger partial charge on any atom is -0.487 e. The van der Waals surface area contributed by atoms with Crippen molar-refractivity contribution in [3.05, 3.63) is 54.0 Å². The van der Waals surface area contributed by atoms with Crippen LogP contribution in [-0.4, -0.2) is 34.1 Å². The molecule has 1 saturated heterocycles. The van der Waals surface area contributed by atoms with Gasteiger partial charge < -0.3 is 9.15 Å². The normalized spacial score (nSPS) is 18.3. The SMILES string of the molecule is c1cncc(OC2CCN(Cc3csc(-c4ccco4)n3)C2)c1. The Labute approximate surface area is 138 Å². The van der Waals surface area contributed by atoms with Crippen LogP contribution in [0.25, 0.3) is 10.8 Å². The van der Waals surface area contributed by atoms with Gasteiger partial charge in [-0.25, -0.2) is 4.98 Å². The van der Waals surface area contributed by atoms with Crippen molar-refractivity contribution in [2.24, 2.45) is 0 Å². The van der Waals surface area contributed by atoms with Crippen molar-refractivity contribution in [3.63, 3.8) is 0 Å². The van der Waals surface area contributed by atoms with Gasteiger partial charge in [-0.05, 0) is 30.7 Å². The Balaban J connectivity index is 1.34. The summed E-state index contributed by atoms with van der Waals surface area (Å²) in [7, 11) is 0. The monoisotopic (exact) mass is 327 g/mol. The second-order valence-corrected chi connectivity index (χ2v) is 6.43. The molecular weight excluding hydrogens is 310 g/mol. The van der Waals surface area contributed by atoms with Gasteiger partial charge >= 0.3 is 0 Å². The molecule has 3 aromatic heterocycles. The average Bonchev–Trinajstić information content (AvgIpc) is 3.30. The number of likely N-dealkylation sites (tertiary alicyclic amines) is 1. The van der Waals surface area contributed by atoms with Crippen LogP contribution in [0.1, 0.15) is 12.1 Å². The summed E-state index contributed by atoms with van der Waals surface area (Å²) in [6, 6.07) is 7.67. The lowest BCUT2D eigenvalue weighted by Crippen LogP contribution is -2.24. The maximum absolute atomic E-state index is 5.97. The van der Waals surface area contributed by atoms with E-state index in [-0.39, 0.29) is 6.10 Å². The van der Waals surface area contributed by atoms with Gasteiger partial charge in [0.25, 0.3) is 0 Å². The first-order chi connectivity index (χ1) is 11.4. The second kappa shape index (κ2) is 6.52. The van der Waals surface area contributed by atoms with Gasteiger partial charge in [-0.15, -0.1) is 11.3 Å². The van der Waals surface area contributed by atoms with Gasteiger partial charge in [-0.3, -0.25) is 9.88 Å². The number of pyridine rings is 1. The molecule has 1 fully saturated rings. The Hall–Kier alpha value is -2.18. The zero-order chi connectivity index (χ0) is 15.5. The topological polar surface area (TPSA) is 51.4 Å². The highest BCUT2D eigenvalue weighted by atomic mass is 32.1. The Morgan fingerprint density at radius 2 is 2.35 bits per heavy atom. The van der Waals surface area contributed by atoms with Gasteiger partial charge in [0.2, 0.25) is 0 Å². The van der Waals surface area contributed by atoms with E-state index in [0.29, 0.717) is 0 Å². The standard InChI is InChI=1S/C17H17N3O2S/c1-3-14(9-18-6-1)22-15-5-7-20(11-15)10-13-12-23-17(19-13)16-4-2-8-21-16/h1-4,6,8-9,12,15H,5,7,10-11H2. The van der Waals surface area contributed by atoms with Crippen LogP contribution in [-0.2, 0) is 6.54 Å². The Morgan fingerprint density at radius 1 is 1.35 bits per heavy atom. The van der Waals surface area contributed by atoms with Crippen LogP contribution in [0, 0.1) is 0 Å². The van der Waals surface area contributed by atoms with Crippen molar-refractivity contribution in [1.82, 2.24) is 14.9 Å². The molecule has 0 amide bonds. The third-order valence-electron chi connectivity index (χ3n) is 3.84. The molecule has 0 spiro atoms. The van der Waals surface area contributed by atoms with Crippen molar-refractivity contribution < 1.29 is 9.15 Å². The van der Waals surface area contributed by atoms with Crippen molar-refractivity contribution in [2.45, 2.75) is 19.1 Å². The molecule has 0 aliphatic carbocycles. The van der Waals surface area contributed by atoms with E-state index in [9.17, 15) is 0 Å². The summed E-state index contributed by atoms with van der Waals surface area (Å²) in [6.45, 7) is 2.80. The molecule has 0 bridgehead atoms. The van der Waals surface area contributed by atoms with Crippen LogP contribution >= 0.6 is 11.3 Å². The molecule has 1 aliphatic rings. The largest absolute Gasteiger partial charge is 0.487 e. The fourth-order valence-electron chi connectivity index (χ4n) is 2.77. The van der Waals surface area contributed by atoms with Crippen LogP contribution in [0.2, 0.25) is 0 Å². The molecule has 1 atom stereocenters. The van der Waals surface area contributed by atoms with E-state index in [1.807, 2.05) is 24.3 Å². The van der Waals surface area contributed by atoms with Crippen LogP contribution in [0.4, 0.5) is 0 Å². The highest BCUT2D eigenvalue weighted by Crippen LogP contribution is 2.25. The van der Waals surface area contributed by atoms with E-state index in [1.54, 1.807) is 30.0 Å². The first-order valence-electron chi connectivity index (χ1n) is 7.64. The first kappa shape index (κ1) is 14.4. The number of thiazole rings is 1. The second-order valence-electron chi connectivity index (χ2n) is 5.57. The van der Waals surface area contributed by atoms with Crippen LogP contribution in [0.3, 0.4) is 0 Å². The van der Waals surface area contributed by atoms with E-state index < -0.39 is 0 Å². The van der Waals surface area contributed by atoms with E-state index in [1.165, 1.54) is 0 Å². The van der Waals surface area contributed by atoms with Crippen LogP contribution in [0.5, 0.6) is 5.75 Å². The Morgan fingerprint density at radius 3 is 3.17 bits per heavy atom. The fraction of sp³-hybridized carbons (Fsp3) is 0.294. The smallest absolute Gasteiger partial charge is 0.162 e. The first-order valence-corrected chi connectivity index (χ1v) is 8.52. The van der Waals surface area contributed by atoms with Gasteiger partial charge in [0.15, 0.2) is 10.8 Å². The van der Waals surface area contributed by atoms with E-state index in [4.69, 9.17) is 9.15 Å². The maximum Gasteiger partial charge on any atom is 0.162 e. The van der Waals surface area contributed by atoms with Gasteiger partial charge in [0, 0.05) is 31.2 Å². The summed E-state index contributed by atoms with van der Waals surface area (Å²) in [4.78, 5) is 11.1. The third kappa shape index (κ3) is 3.43. The summed E-state index contributed by atoms with van der Waals surface area (Å²) in [5.74, 6) is 1.67. The lowest BCUT2D eigenvalue weighted by Gasteiger charge is -2.15. The lowest BCUT2D eigenvalue weighted by atomic mass is 10.3. The predicted octanol–water partition coefficient (Wildman–Crippen LogP) is 3.45. The summed E-state index contributed by atoms with van der Waals surface area (Å²) < 4.78 is 11.4. The average molecular weight is 327 g/mol. The molecule has 0 saturated carbocycles. The van der Waals surface area contributed by atoms with Crippen molar-refractivity contribution >= 4 is 11.3 Å². The van der Waals surface area contributed by atoms with Crippen molar-refractivity contribution in [2.75, 3.05) is 13.1 Å². The van der Waals surface area contributed by atoms with Gasteiger partial charge in [-0.1, -0.05) is 0 Å².